The fourth-order valence-corrected chi connectivity index (χ4v) is 3.40. The van der Waals surface area contributed by atoms with Crippen LogP contribution in [-0.2, 0) is 0 Å². The molecule has 1 N–H and O–H groups in total. The first-order chi connectivity index (χ1) is 8.09. The van der Waals surface area contributed by atoms with Gasteiger partial charge in [0, 0.05) is 16.3 Å². The van der Waals surface area contributed by atoms with Gasteiger partial charge in [-0.05, 0) is 44.7 Å². The molecule has 0 aliphatic carbocycles. The smallest absolute Gasteiger partial charge is 0.161 e. The number of hydrogen-bond acceptors (Lipinski definition) is 4. The Kier molecular flexibility index (Phi) is 4.05. The van der Waals surface area contributed by atoms with Gasteiger partial charge in [-0.1, -0.05) is 17.8 Å². The van der Waals surface area contributed by atoms with Gasteiger partial charge in [-0.15, -0.1) is 11.8 Å². The lowest BCUT2D eigenvalue weighted by molar-refractivity contribution is 0.507. The molecule has 1 aromatic carbocycles. The van der Waals surface area contributed by atoms with E-state index in [-0.39, 0.29) is 5.54 Å². The molecule has 2 rings (SSSR count). The zero-order chi connectivity index (χ0) is 12.3. The molecule has 0 radical (unpaired) electrons. The van der Waals surface area contributed by atoms with Crippen molar-refractivity contribution in [2.75, 3.05) is 17.3 Å². The topological polar surface area (TPSA) is 24.4 Å². The SMILES string of the molecule is CSc1cccc(NC2=NC(C)(C)CCS2)c1. The minimum absolute atomic E-state index is 0.0741. The highest BCUT2D eigenvalue weighted by Crippen LogP contribution is 2.27. The predicted octanol–water partition coefficient (Wildman–Crippen LogP) is 4.09. The van der Waals surface area contributed by atoms with E-state index in [1.54, 1.807) is 23.5 Å². The molecule has 0 bridgehead atoms. The van der Waals surface area contributed by atoms with Crippen LogP contribution < -0.4 is 5.32 Å². The molecule has 1 aromatic rings. The third-order valence-corrected chi connectivity index (χ3v) is 4.28. The first-order valence-electron chi connectivity index (χ1n) is 5.73. The van der Waals surface area contributed by atoms with Crippen molar-refractivity contribution < 1.29 is 0 Å². The summed E-state index contributed by atoms with van der Waals surface area (Å²) in [7, 11) is 0. The van der Waals surface area contributed by atoms with E-state index in [1.807, 2.05) is 0 Å². The van der Waals surface area contributed by atoms with Crippen molar-refractivity contribution in [3.8, 4) is 0 Å². The summed E-state index contributed by atoms with van der Waals surface area (Å²) in [5.41, 5.74) is 1.20. The van der Waals surface area contributed by atoms with Gasteiger partial charge in [-0.25, -0.2) is 0 Å². The van der Waals surface area contributed by atoms with E-state index in [2.05, 4.69) is 49.7 Å². The highest BCUT2D eigenvalue weighted by molar-refractivity contribution is 8.14. The molecular weight excluding hydrogens is 248 g/mol. The van der Waals surface area contributed by atoms with Gasteiger partial charge in [0.25, 0.3) is 0 Å². The van der Waals surface area contributed by atoms with E-state index in [1.165, 1.54) is 4.90 Å². The molecule has 2 nitrogen and oxygen atoms in total. The Morgan fingerprint density at radius 1 is 1.41 bits per heavy atom. The number of hydrogen-bond donors (Lipinski definition) is 1. The van der Waals surface area contributed by atoms with Crippen LogP contribution in [0.4, 0.5) is 5.69 Å². The molecule has 1 aliphatic heterocycles. The van der Waals surface area contributed by atoms with E-state index in [4.69, 9.17) is 4.99 Å². The number of thioether (sulfide) groups is 2. The van der Waals surface area contributed by atoms with E-state index >= 15 is 0 Å². The van der Waals surface area contributed by atoms with Crippen molar-refractivity contribution in [1.82, 2.24) is 0 Å². The van der Waals surface area contributed by atoms with Crippen LogP contribution in [0.15, 0.2) is 34.2 Å². The first kappa shape index (κ1) is 12.8. The molecule has 0 fully saturated rings. The second-order valence-corrected chi connectivity index (χ2v) is 6.65. The minimum Gasteiger partial charge on any atom is -0.335 e. The van der Waals surface area contributed by atoms with Crippen LogP contribution in [0, 0.1) is 0 Å². The molecule has 0 spiro atoms. The monoisotopic (exact) mass is 266 g/mol. The number of anilines is 1. The first-order valence-corrected chi connectivity index (χ1v) is 7.94. The lowest BCUT2D eigenvalue weighted by Gasteiger charge is -2.26. The molecule has 0 atom stereocenters. The third-order valence-electron chi connectivity index (χ3n) is 2.68. The molecule has 0 saturated carbocycles. The van der Waals surface area contributed by atoms with Crippen molar-refractivity contribution in [1.29, 1.82) is 0 Å². The summed E-state index contributed by atoms with van der Waals surface area (Å²) in [6.07, 6.45) is 3.24. The van der Waals surface area contributed by atoms with E-state index in [9.17, 15) is 0 Å². The van der Waals surface area contributed by atoms with Gasteiger partial charge in [-0.2, -0.15) is 0 Å². The van der Waals surface area contributed by atoms with E-state index in [0.717, 1.165) is 23.0 Å². The maximum Gasteiger partial charge on any atom is 0.161 e. The number of nitrogens with one attached hydrogen (secondary N) is 1. The second kappa shape index (κ2) is 5.36. The van der Waals surface area contributed by atoms with Crippen LogP contribution in [0.2, 0.25) is 0 Å². The standard InChI is InChI=1S/C13H18N2S2/c1-13(2)7-8-17-12(15-13)14-10-5-4-6-11(9-10)16-3/h4-6,9H,7-8H2,1-3H3,(H,14,15). The predicted molar refractivity (Wildman–Crippen MR) is 80.4 cm³/mol. The Morgan fingerprint density at radius 2 is 2.24 bits per heavy atom. The minimum atomic E-state index is 0.0741. The van der Waals surface area contributed by atoms with E-state index in [0.29, 0.717) is 0 Å². The van der Waals surface area contributed by atoms with Crippen molar-refractivity contribution in [3.63, 3.8) is 0 Å². The summed E-state index contributed by atoms with van der Waals surface area (Å²) in [5.74, 6) is 1.14. The van der Waals surface area contributed by atoms with Crippen molar-refractivity contribution in [2.24, 2.45) is 4.99 Å². The Balaban J connectivity index is 2.12. The van der Waals surface area contributed by atoms with Crippen LogP contribution >= 0.6 is 23.5 Å². The summed E-state index contributed by atoms with van der Waals surface area (Å²) in [4.78, 5) is 6.00. The Morgan fingerprint density at radius 3 is 2.94 bits per heavy atom. The molecule has 0 unspecified atom stereocenters. The molecule has 0 aromatic heterocycles. The van der Waals surface area contributed by atoms with Gasteiger partial charge in [0.15, 0.2) is 5.17 Å². The lowest BCUT2D eigenvalue weighted by Crippen LogP contribution is -2.27. The molecular formula is C13H18N2S2. The molecule has 0 saturated heterocycles. The van der Waals surface area contributed by atoms with Crippen LogP contribution in [0.5, 0.6) is 0 Å². The fraction of sp³-hybridized carbons (Fsp3) is 0.462. The van der Waals surface area contributed by atoms with Crippen molar-refractivity contribution in [2.45, 2.75) is 30.7 Å². The van der Waals surface area contributed by atoms with Gasteiger partial charge < -0.3 is 5.32 Å². The van der Waals surface area contributed by atoms with Gasteiger partial charge >= 0.3 is 0 Å². The van der Waals surface area contributed by atoms with E-state index < -0.39 is 0 Å². The molecule has 92 valence electrons. The zero-order valence-electron chi connectivity index (χ0n) is 10.5. The van der Waals surface area contributed by atoms with Crippen LogP contribution in [-0.4, -0.2) is 22.7 Å². The maximum absolute atomic E-state index is 4.73. The third kappa shape index (κ3) is 3.68. The lowest BCUT2D eigenvalue weighted by atomic mass is 10.0. The molecule has 1 aliphatic rings. The van der Waals surface area contributed by atoms with Gasteiger partial charge in [0.1, 0.15) is 0 Å². The summed E-state index contributed by atoms with van der Waals surface area (Å²) in [6, 6.07) is 8.45. The number of rotatable bonds is 2. The zero-order valence-corrected chi connectivity index (χ0v) is 12.1. The van der Waals surface area contributed by atoms with Gasteiger partial charge in [-0.3, -0.25) is 4.99 Å². The summed E-state index contributed by atoms with van der Waals surface area (Å²) in [6.45, 7) is 4.37. The van der Waals surface area contributed by atoms with Gasteiger partial charge in [0.05, 0.1) is 5.54 Å². The molecule has 17 heavy (non-hydrogen) atoms. The Bertz CT molecular complexity index is 427. The molecule has 4 heteroatoms. The number of aliphatic imine (C=N–C) groups is 1. The largest absolute Gasteiger partial charge is 0.335 e. The quantitative estimate of drug-likeness (QED) is 0.816. The highest BCUT2D eigenvalue weighted by atomic mass is 32.2. The normalized spacial score (nSPS) is 18.6. The average Bonchev–Trinajstić information content (AvgIpc) is 2.28. The number of amidine groups is 1. The van der Waals surface area contributed by atoms with Crippen LogP contribution in [0.25, 0.3) is 0 Å². The summed E-state index contributed by atoms with van der Waals surface area (Å²) >= 11 is 3.56. The average molecular weight is 266 g/mol. The number of nitrogens with zero attached hydrogens (tertiary/aromatic N) is 1. The summed E-state index contributed by atoms with van der Waals surface area (Å²) < 4.78 is 0. The van der Waals surface area contributed by atoms with Crippen molar-refractivity contribution in [3.05, 3.63) is 24.3 Å². The number of benzene rings is 1. The maximum atomic E-state index is 4.73. The highest BCUT2D eigenvalue weighted by Gasteiger charge is 2.22. The van der Waals surface area contributed by atoms with Crippen molar-refractivity contribution >= 4 is 34.4 Å². The molecule has 1 heterocycles. The Hall–Kier alpha value is -0.610. The van der Waals surface area contributed by atoms with Crippen LogP contribution in [0.1, 0.15) is 20.3 Å². The fourth-order valence-electron chi connectivity index (χ4n) is 1.65. The van der Waals surface area contributed by atoms with Crippen LogP contribution in [0.3, 0.4) is 0 Å². The second-order valence-electron chi connectivity index (χ2n) is 4.68. The Labute approximate surface area is 112 Å². The summed E-state index contributed by atoms with van der Waals surface area (Å²) in [5, 5.41) is 4.45. The van der Waals surface area contributed by atoms with Gasteiger partial charge in [0.2, 0.25) is 0 Å². The molecule has 0 amide bonds.